The standard InChI is InChI=1S/C23H19F2N5O2/c24-16-5-3-14(4-6-16)20-19-21(26-13-27-23(19)32-29-20)30-11-1-2-15(12-30)22(31)28-18-9-7-17(25)8-10-18/h3-10,13,15H,1-2,11-12H2,(H,28,31). The average Bonchev–Trinajstić information content (AvgIpc) is 3.25. The van der Waals surface area contributed by atoms with Crippen molar-refractivity contribution in [2.75, 3.05) is 23.3 Å². The highest BCUT2D eigenvalue weighted by atomic mass is 19.1. The Morgan fingerprint density at radius 2 is 1.75 bits per heavy atom. The van der Waals surface area contributed by atoms with Crippen LogP contribution in [0.3, 0.4) is 0 Å². The lowest BCUT2D eigenvalue weighted by Gasteiger charge is -2.33. The molecular weight excluding hydrogens is 416 g/mol. The van der Waals surface area contributed by atoms with E-state index in [1.165, 1.54) is 42.7 Å². The number of nitrogens with zero attached hydrogens (tertiary/aromatic N) is 4. The van der Waals surface area contributed by atoms with Crippen LogP contribution >= 0.6 is 0 Å². The number of carbonyl (C=O) groups is 1. The Hall–Kier alpha value is -3.88. The quantitative estimate of drug-likeness (QED) is 0.511. The average molecular weight is 435 g/mol. The first-order valence-corrected chi connectivity index (χ1v) is 10.3. The Bertz CT molecular complexity index is 1260. The Labute approximate surface area is 182 Å². The van der Waals surface area contributed by atoms with Gasteiger partial charge in [-0.2, -0.15) is 4.98 Å². The van der Waals surface area contributed by atoms with Crippen LogP contribution in [0.4, 0.5) is 20.3 Å². The summed E-state index contributed by atoms with van der Waals surface area (Å²) in [4.78, 5) is 23.5. The number of halogens is 2. The van der Waals surface area contributed by atoms with Gasteiger partial charge in [0.05, 0.1) is 5.92 Å². The highest BCUT2D eigenvalue weighted by Gasteiger charge is 2.29. The summed E-state index contributed by atoms with van der Waals surface area (Å²) < 4.78 is 31.9. The third-order valence-corrected chi connectivity index (χ3v) is 5.57. The number of piperidine rings is 1. The summed E-state index contributed by atoms with van der Waals surface area (Å²) in [6.07, 6.45) is 2.93. The van der Waals surface area contributed by atoms with Crippen LogP contribution in [0.5, 0.6) is 0 Å². The van der Waals surface area contributed by atoms with Gasteiger partial charge in [-0.3, -0.25) is 4.79 Å². The number of fused-ring (bicyclic) bond motifs is 1. The van der Waals surface area contributed by atoms with Gasteiger partial charge in [-0.25, -0.2) is 13.8 Å². The molecule has 1 fully saturated rings. The van der Waals surface area contributed by atoms with Crippen molar-refractivity contribution in [2.45, 2.75) is 12.8 Å². The summed E-state index contributed by atoms with van der Waals surface area (Å²) in [5.41, 5.74) is 2.08. The first-order valence-electron chi connectivity index (χ1n) is 10.3. The third kappa shape index (κ3) is 3.89. The molecule has 7 nitrogen and oxygen atoms in total. The smallest absolute Gasteiger partial charge is 0.263 e. The van der Waals surface area contributed by atoms with E-state index in [4.69, 9.17) is 4.52 Å². The van der Waals surface area contributed by atoms with Crippen molar-refractivity contribution >= 4 is 28.5 Å². The van der Waals surface area contributed by atoms with Crippen LogP contribution in [-0.4, -0.2) is 34.1 Å². The fourth-order valence-electron chi connectivity index (χ4n) is 3.98. The zero-order valence-electron chi connectivity index (χ0n) is 17.0. The van der Waals surface area contributed by atoms with E-state index < -0.39 is 0 Å². The Kier molecular flexibility index (Phi) is 5.22. The van der Waals surface area contributed by atoms with E-state index in [2.05, 4.69) is 20.4 Å². The molecule has 0 radical (unpaired) electrons. The van der Waals surface area contributed by atoms with Gasteiger partial charge in [0.2, 0.25) is 5.91 Å². The molecule has 9 heteroatoms. The first-order chi connectivity index (χ1) is 15.6. The van der Waals surface area contributed by atoms with Crippen LogP contribution in [0.15, 0.2) is 59.4 Å². The lowest BCUT2D eigenvalue weighted by atomic mass is 9.96. The van der Waals surface area contributed by atoms with E-state index in [9.17, 15) is 13.6 Å². The fraction of sp³-hybridized carbons (Fsp3) is 0.217. The molecule has 0 spiro atoms. The maximum Gasteiger partial charge on any atom is 0.263 e. The Morgan fingerprint density at radius 3 is 2.50 bits per heavy atom. The van der Waals surface area contributed by atoms with Crippen LogP contribution in [0.2, 0.25) is 0 Å². The van der Waals surface area contributed by atoms with E-state index in [1.54, 1.807) is 12.1 Å². The van der Waals surface area contributed by atoms with Gasteiger partial charge in [0.15, 0.2) is 0 Å². The number of aromatic nitrogens is 3. The molecule has 5 rings (SSSR count). The molecule has 2 aromatic heterocycles. The summed E-state index contributed by atoms with van der Waals surface area (Å²) in [5.74, 6) is -0.479. The summed E-state index contributed by atoms with van der Waals surface area (Å²) in [6, 6.07) is 11.7. The Morgan fingerprint density at radius 1 is 1.03 bits per heavy atom. The maximum absolute atomic E-state index is 13.4. The van der Waals surface area contributed by atoms with E-state index in [1.807, 2.05) is 4.90 Å². The van der Waals surface area contributed by atoms with Crippen molar-refractivity contribution in [3.05, 3.63) is 66.5 Å². The fourth-order valence-corrected chi connectivity index (χ4v) is 3.98. The van der Waals surface area contributed by atoms with Gasteiger partial charge in [0.25, 0.3) is 5.71 Å². The van der Waals surface area contributed by atoms with Crippen LogP contribution in [0.1, 0.15) is 12.8 Å². The molecule has 2 aromatic carbocycles. The number of amides is 1. The highest BCUT2D eigenvalue weighted by molar-refractivity contribution is 5.98. The van der Waals surface area contributed by atoms with Crippen molar-refractivity contribution in [3.63, 3.8) is 0 Å². The molecule has 4 aromatic rings. The van der Waals surface area contributed by atoms with Crippen molar-refractivity contribution in [3.8, 4) is 11.3 Å². The summed E-state index contributed by atoms with van der Waals surface area (Å²) in [6.45, 7) is 1.16. The lowest BCUT2D eigenvalue weighted by Crippen LogP contribution is -2.41. The molecular formula is C23H19F2N5O2. The van der Waals surface area contributed by atoms with Crippen LogP contribution in [0.25, 0.3) is 22.4 Å². The molecule has 1 saturated heterocycles. The molecule has 1 aliphatic rings. The molecule has 0 saturated carbocycles. The topological polar surface area (TPSA) is 84.2 Å². The molecule has 0 aliphatic carbocycles. The molecule has 0 bridgehead atoms. The lowest BCUT2D eigenvalue weighted by molar-refractivity contribution is -0.120. The molecule has 1 unspecified atom stereocenters. The summed E-state index contributed by atoms with van der Waals surface area (Å²) >= 11 is 0. The SMILES string of the molecule is O=C(Nc1ccc(F)cc1)C1CCCN(c2ncnc3onc(-c4ccc(F)cc4)c23)C1. The normalized spacial score (nSPS) is 16.3. The Balaban J connectivity index is 1.42. The number of hydrogen-bond acceptors (Lipinski definition) is 6. The minimum atomic E-state index is -0.356. The van der Waals surface area contributed by atoms with E-state index in [-0.39, 0.29) is 23.5 Å². The number of hydrogen-bond donors (Lipinski definition) is 1. The predicted octanol–water partition coefficient (Wildman–Crippen LogP) is 4.42. The van der Waals surface area contributed by atoms with Crippen molar-refractivity contribution in [2.24, 2.45) is 5.92 Å². The van der Waals surface area contributed by atoms with Gasteiger partial charge in [-0.15, -0.1) is 0 Å². The van der Waals surface area contributed by atoms with Crippen LogP contribution in [-0.2, 0) is 4.79 Å². The first kappa shape index (κ1) is 20.0. The second kappa shape index (κ2) is 8.33. The van der Waals surface area contributed by atoms with Crippen molar-refractivity contribution in [1.29, 1.82) is 0 Å². The largest absolute Gasteiger partial charge is 0.355 e. The second-order valence-electron chi connectivity index (χ2n) is 7.70. The van der Waals surface area contributed by atoms with Gasteiger partial charge in [-0.05, 0) is 61.4 Å². The molecule has 3 heterocycles. The van der Waals surface area contributed by atoms with Crippen molar-refractivity contribution in [1.82, 2.24) is 15.1 Å². The van der Waals surface area contributed by atoms with Gasteiger partial charge in [-0.1, -0.05) is 5.16 Å². The van der Waals surface area contributed by atoms with Gasteiger partial charge < -0.3 is 14.7 Å². The zero-order chi connectivity index (χ0) is 22.1. The minimum Gasteiger partial charge on any atom is -0.355 e. The number of carbonyl (C=O) groups excluding carboxylic acids is 1. The van der Waals surface area contributed by atoms with Gasteiger partial charge >= 0.3 is 0 Å². The number of nitrogens with one attached hydrogen (secondary N) is 1. The van der Waals surface area contributed by atoms with E-state index in [0.717, 1.165) is 12.8 Å². The molecule has 1 aliphatic heterocycles. The monoisotopic (exact) mass is 435 g/mol. The van der Waals surface area contributed by atoms with Crippen LogP contribution in [0, 0.1) is 17.6 Å². The number of benzene rings is 2. The molecule has 1 amide bonds. The predicted molar refractivity (Wildman–Crippen MR) is 115 cm³/mol. The minimum absolute atomic E-state index is 0.129. The number of anilines is 2. The summed E-state index contributed by atoms with van der Waals surface area (Å²) in [5, 5.41) is 7.61. The highest BCUT2D eigenvalue weighted by Crippen LogP contribution is 2.35. The van der Waals surface area contributed by atoms with Crippen molar-refractivity contribution < 1.29 is 18.1 Å². The van der Waals surface area contributed by atoms with Crippen LogP contribution < -0.4 is 10.2 Å². The molecule has 32 heavy (non-hydrogen) atoms. The molecule has 1 N–H and O–H groups in total. The van der Waals surface area contributed by atoms with E-state index >= 15 is 0 Å². The maximum atomic E-state index is 13.4. The van der Waals surface area contributed by atoms with Gasteiger partial charge in [0, 0.05) is 24.3 Å². The third-order valence-electron chi connectivity index (χ3n) is 5.57. The van der Waals surface area contributed by atoms with Gasteiger partial charge in [0.1, 0.15) is 34.9 Å². The van der Waals surface area contributed by atoms with E-state index in [0.29, 0.717) is 47.0 Å². The summed E-state index contributed by atoms with van der Waals surface area (Å²) in [7, 11) is 0. The second-order valence-corrected chi connectivity index (χ2v) is 7.70. The molecule has 1 atom stereocenters. The number of rotatable bonds is 4. The zero-order valence-corrected chi connectivity index (χ0v) is 17.0. The molecule has 162 valence electrons.